The zero-order valence-electron chi connectivity index (χ0n) is 9.21. The molecule has 2 unspecified atom stereocenters. The largest absolute Gasteiger partial charge is 0.494 e. The highest BCUT2D eigenvalue weighted by Crippen LogP contribution is 2.59. The smallest absolute Gasteiger partial charge is 0.307 e. The van der Waals surface area contributed by atoms with Crippen molar-refractivity contribution in [2.24, 2.45) is 17.3 Å². The molecule has 1 aromatic rings. The molecule has 1 aliphatic rings. The summed E-state index contributed by atoms with van der Waals surface area (Å²) in [7, 11) is 0. The van der Waals surface area contributed by atoms with Gasteiger partial charge in [0.25, 0.3) is 0 Å². The Labute approximate surface area is 92.9 Å². The lowest BCUT2D eigenvalue weighted by Crippen LogP contribution is -2.05. The molecule has 2 atom stereocenters. The molecule has 0 bridgehead atoms. The van der Waals surface area contributed by atoms with Crippen LogP contribution in [0.15, 0.2) is 12.1 Å². The summed E-state index contributed by atoms with van der Waals surface area (Å²) in [6.45, 7) is 4.09. The van der Waals surface area contributed by atoms with Crippen molar-refractivity contribution in [3.63, 3.8) is 0 Å². The van der Waals surface area contributed by atoms with Crippen LogP contribution in [0.2, 0.25) is 0 Å². The van der Waals surface area contributed by atoms with Crippen LogP contribution in [0, 0.1) is 17.3 Å². The van der Waals surface area contributed by atoms with Crippen molar-refractivity contribution in [3.05, 3.63) is 12.1 Å². The standard InChI is InChI=1S/C11H15NO4/c1-11(2)6(9(11)10(15)16)5-12-7(13)3-4-8(12)14/h3-4,6,9,13-14H,5H2,1-2H3,(H,15,16). The minimum atomic E-state index is -0.818. The zero-order chi connectivity index (χ0) is 12.1. The van der Waals surface area contributed by atoms with Gasteiger partial charge in [0.05, 0.1) is 5.92 Å². The molecule has 0 radical (unpaired) electrons. The lowest BCUT2D eigenvalue weighted by molar-refractivity contribution is -0.139. The highest BCUT2D eigenvalue weighted by molar-refractivity contribution is 5.75. The summed E-state index contributed by atoms with van der Waals surface area (Å²) in [6, 6.07) is 2.78. The number of aromatic nitrogens is 1. The Morgan fingerprint density at radius 1 is 1.38 bits per heavy atom. The third-order valence-corrected chi connectivity index (χ3v) is 3.63. The first kappa shape index (κ1) is 10.9. The van der Waals surface area contributed by atoms with E-state index in [9.17, 15) is 15.0 Å². The monoisotopic (exact) mass is 225 g/mol. The molecular formula is C11H15NO4. The molecule has 0 aromatic carbocycles. The summed E-state index contributed by atoms with van der Waals surface area (Å²) >= 11 is 0. The molecule has 1 aromatic heterocycles. The molecule has 0 saturated heterocycles. The first-order chi connectivity index (χ1) is 7.35. The second-order valence-corrected chi connectivity index (χ2v) is 4.90. The normalized spacial score (nSPS) is 26.6. The summed E-state index contributed by atoms with van der Waals surface area (Å²) in [6.07, 6.45) is 0. The van der Waals surface area contributed by atoms with Gasteiger partial charge in [-0.05, 0) is 11.3 Å². The lowest BCUT2D eigenvalue weighted by Gasteiger charge is -2.07. The van der Waals surface area contributed by atoms with Gasteiger partial charge < -0.3 is 15.3 Å². The summed E-state index contributed by atoms with van der Waals surface area (Å²) in [5.74, 6) is -1.36. The molecule has 1 heterocycles. The highest BCUT2D eigenvalue weighted by atomic mass is 16.4. The Morgan fingerprint density at radius 3 is 2.25 bits per heavy atom. The summed E-state index contributed by atoms with van der Waals surface area (Å²) in [5, 5.41) is 27.9. The number of carboxylic acids is 1. The van der Waals surface area contributed by atoms with Crippen molar-refractivity contribution in [1.82, 2.24) is 4.57 Å². The van der Waals surface area contributed by atoms with E-state index in [2.05, 4.69) is 0 Å². The predicted octanol–water partition coefficient (Wildman–Crippen LogP) is 1.26. The quantitative estimate of drug-likeness (QED) is 0.723. The van der Waals surface area contributed by atoms with Gasteiger partial charge in [-0.3, -0.25) is 9.36 Å². The second kappa shape index (κ2) is 3.17. The van der Waals surface area contributed by atoms with E-state index in [1.54, 1.807) is 0 Å². The average molecular weight is 225 g/mol. The molecular weight excluding hydrogens is 210 g/mol. The summed E-state index contributed by atoms with van der Waals surface area (Å²) < 4.78 is 1.33. The van der Waals surface area contributed by atoms with Crippen molar-refractivity contribution >= 4 is 5.97 Å². The highest BCUT2D eigenvalue weighted by Gasteiger charge is 2.62. The van der Waals surface area contributed by atoms with E-state index >= 15 is 0 Å². The van der Waals surface area contributed by atoms with Crippen LogP contribution in [-0.2, 0) is 11.3 Å². The van der Waals surface area contributed by atoms with Crippen LogP contribution in [-0.4, -0.2) is 25.9 Å². The van der Waals surface area contributed by atoms with E-state index in [1.165, 1.54) is 16.7 Å². The fourth-order valence-electron chi connectivity index (χ4n) is 2.41. The maximum absolute atomic E-state index is 11.0. The van der Waals surface area contributed by atoms with Crippen molar-refractivity contribution in [1.29, 1.82) is 0 Å². The number of hydrogen-bond donors (Lipinski definition) is 3. The minimum Gasteiger partial charge on any atom is -0.494 e. The molecule has 1 aliphatic carbocycles. The van der Waals surface area contributed by atoms with Crippen LogP contribution < -0.4 is 0 Å². The third-order valence-electron chi connectivity index (χ3n) is 3.63. The van der Waals surface area contributed by atoms with Gasteiger partial charge in [-0.15, -0.1) is 0 Å². The van der Waals surface area contributed by atoms with Gasteiger partial charge in [0.2, 0.25) is 0 Å². The van der Waals surface area contributed by atoms with Crippen molar-refractivity contribution in [2.75, 3.05) is 0 Å². The van der Waals surface area contributed by atoms with Crippen LogP contribution in [0.3, 0.4) is 0 Å². The van der Waals surface area contributed by atoms with Crippen LogP contribution >= 0.6 is 0 Å². The number of aliphatic carboxylic acids is 1. The van der Waals surface area contributed by atoms with Crippen LogP contribution in [0.5, 0.6) is 11.8 Å². The summed E-state index contributed by atoms with van der Waals surface area (Å²) in [4.78, 5) is 11.0. The molecule has 1 saturated carbocycles. The van der Waals surface area contributed by atoms with Crippen LogP contribution in [0.4, 0.5) is 0 Å². The van der Waals surface area contributed by atoms with Crippen LogP contribution in [0.1, 0.15) is 13.8 Å². The topological polar surface area (TPSA) is 82.7 Å². The van der Waals surface area contributed by atoms with Crippen molar-refractivity contribution in [3.8, 4) is 11.8 Å². The predicted molar refractivity (Wildman–Crippen MR) is 56.2 cm³/mol. The number of hydrogen-bond acceptors (Lipinski definition) is 3. The lowest BCUT2D eigenvalue weighted by atomic mass is 10.1. The molecule has 0 amide bonds. The number of aromatic hydroxyl groups is 2. The maximum Gasteiger partial charge on any atom is 0.307 e. The number of rotatable bonds is 3. The van der Waals surface area contributed by atoms with Gasteiger partial charge in [0, 0.05) is 18.7 Å². The maximum atomic E-state index is 11.0. The Balaban J connectivity index is 2.16. The fraction of sp³-hybridized carbons (Fsp3) is 0.545. The van der Waals surface area contributed by atoms with E-state index in [1.807, 2.05) is 13.8 Å². The van der Waals surface area contributed by atoms with Gasteiger partial charge in [-0.2, -0.15) is 0 Å². The van der Waals surface area contributed by atoms with E-state index in [-0.39, 0.29) is 23.1 Å². The molecule has 1 fully saturated rings. The first-order valence-corrected chi connectivity index (χ1v) is 5.16. The number of carboxylic acid groups (broad SMARTS) is 1. The minimum absolute atomic E-state index is 0.0376. The van der Waals surface area contributed by atoms with Crippen molar-refractivity contribution in [2.45, 2.75) is 20.4 Å². The Morgan fingerprint density at radius 2 is 1.88 bits per heavy atom. The van der Waals surface area contributed by atoms with E-state index in [4.69, 9.17) is 5.11 Å². The second-order valence-electron chi connectivity index (χ2n) is 4.90. The van der Waals surface area contributed by atoms with E-state index in [0.29, 0.717) is 6.54 Å². The molecule has 16 heavy (non-hydrogen) atoms. The Bertz CT molecular complexity index is 416. The average Bonchev–Trinajstić information content (AvgIpc) is 2.57. The van der Waals surface area contributed by atoms with Crippen molar-refractivity contribution < 1.29 is 20.1 Å². The molecule has 88 valence electrons. The molecule has 5 heteroatoms. The molecule has 3 N–H and O–H groups in total. The van der Waals surface area contributed by atoms with E-state index in [0.717, 1.165) is 0 Å². The number of nitrogens with zero attached hydrogens (tertiary/aromatic N) is 1. The molecule has 2 rings (SSSR count). The SMILES string of the molecule is CC1(C)C(Cn2c(O)ccc2O)C1C(=O)O. The molecule has 0 spiro atoms. The number of carbonyl (C=O) groups is 1. The van der Waals surface area contributed by atoms with Gasteiger partial charge in [0.1, 0.15) is 0 Å². The zero-order valence-corrected chi connectivity index (χ0v) is 9.21. The fourth-order valence-corrected chi connectivity index (χ4v) is 2.41. The van der Waals surface area contributed by atoms with E-state index < -0.39 is 11.9 Å². The Hall–Kier alpha value is -1.65. The van der Waals surface area contributed by atoms with Gasteiger partial charge in [-0.25, -0.2) is 0 Å². The van der Waals surface area contributed by atoms with Crippen LogP contribution in [0.25, 0.3) is 0 Å². The Kier molecular flexibility index (Phi) is 2.15. The van der Waals surface area contributed by atoms with Gasteiger partial charge in [0.15, 0.2) is 11.8 Å². The van der Waals surface area contributed by atoms with Gasteiger partial charge >= 0.3 is 5.97 Å². The van der Waals surface area contributed by atoms with Gasteiger partial charge in [-0.1, -0.05) is 13.8 Å². The first-order valence-electron chi connectivity index (χ1n) is 5.16. The summed E-state index contributed by atoms with van der Waals surface area (Å²) in [5.41, 5.74) is -0.283. The molecule has 0 aliphatic heterocycles. The third kappa shape index (κ3) is 1.43. The molecule has 5 nitrogen and oxygen atoms in total.